The second kappa shape index (κ2) is 2.93. The molecule has 1 rings (SSSR count). The van der Waals surface area contributed by atoms with Crippen molar-refractivity contribution in [1.29, 1.82) is 0 Å². The number of halogens is 1. The third-order valence-electron chi connectivity index (χ3n) is 1.79. The summed E-state index contributed by atoms with van der Waals surface area (Å²) < 4.78 is 5.01. The van der Waals surface area contributed by atoms with Gasteiger partial charge in [0.05, 0.1) is 18.1 Å². The fraction of sp³-hybridized carbons (Fsp3) is 0.750. The Morgan fingerprint density at radius 3 is 2.60 bits per heavy atom. The van der Waals surface area contributed by atoms with Crippen LogP contribution in [0.15, 0.2) is 12.2 Å². The van der Waals surface area contributed by atoms with E-state index in [0.29, 0.717) is 13.2 Å². The Morgan fingerprint density at radius 2 is 2.30 bits per heavy atom. The zero-order valence-corrected chi connectivity index (χ0v) is 7.08. The van der Waals surface area contributed by atoms with Gasteiger partial charge < -0.3 is 4.74 Å². The summed E-state index contributed by atoms with van der Waals surface area (Å²) in [6.45, 7) is 7.38. The molecule has 0 N–H and O–H groups in total. The number of hydrogen-bond donors (Lipinski definition) is 0. The quantitative estimate of drug-likeness (QED) is 0.455. The molecule has 0 aromatic rings. The largest absolute Gasteiger partial charge is 0.378 e. The minimum absolute atomic E-state index is 0.104. The van der Waals surface area contributed by atoms with E-state index >= 15 is 0 Å². The van der Waals surface area contributed by atoms with E-state index in [4.69, 9.17) is 16.3 Å². The summed E-state index contributed by atoms with van der Waals surface area (Å²) in [5.41, 5.74) is 1.22. The van der Waals surface area contributed by atoms with Gasteiger partial charge in [0.1, 0.15) is 0 Å². The number of rotatable bonds is 3. The second-order valence-electron chi connectivity index (χ2n) is 2.92. The Morgan fingerprint density at radius 1 is 1.70 bits per heavy atom. The molecule has 1 heterocycles. The van der Waals surface area contributed by atoms with Crippen molar-refractivity contribution in [2.45, 2.75) is 24.6 Å². The van der Waals surface area contributed by atoms with Crippen molar-refractivity contribution in [3.8, 4) is 0 Å². The maximum Gasteiger partial charge on any atom is 0.0948 e. The van der Waals surface area contributed by atoms with Gasteiger partial charge in [0.15, 0.2) is 0 Å². The first-order valence-corrected chi connectivity index (χ1v) is 3.97. The summed E-state index contributed by atoms with van der Waals surface area (Å²) in [4.78, 5) is -0.104. The van der Waals surface area contributed by atoms with Gasteiger partial charge in [-0.3, -0.25) is 0 Å². The first-order chi connectivity index (χ1) is 4.66. The Labute approximate surface area is 67.0 Å². The summed E-state index contributed by atoms with van der Waals surface area (Å²) in [5.74, 6) is 0. The van der Waals surface area contributed by atoms with Crippen molar-refractivity contribution in [1.82, 2.24) is 0 Å². The Kier molecular flexibility index (Phi) is 2.37. The molecule has 1 saturated heterocycles. The van der Waals surface area contributed by atoms with Crippen LogP contribution in [0.2, 0.25) is 0 Å². The first kappa shape index (κ1) is 8.09. The molecule has 10 heavy (non-hydrogen) atoms. The minimum Gasteiger partial charge on any atom is -0.378 e. The van der Waals surface area contributed by atoms with Crippen molar-refractivity contribution >= 4 is 11.6 Å². The Balaban J connectivity index is 2.29. The lowest BCUT2D eigenvalue weighted by Crippen LogP contribution is -2.44. The molecule has 1 nitrogen and oxygen atoms in total. The maximum atomic E-state index is 6.10. The molecule has 0 aliphatic carbocycles. The van der Waals surface area contributed by atoms with Gasteiger partial charge in [-0.25, -0.2) is 0 Å². The Bertz CT molecular complexity index is 138. The third-order valence-corrected chi connectivity index (χ3v) is 2.14. The molecule has 1 aliphatic heterocycles. The fourth-order valence-electron chi connectivity index (χ4n) is 0.999. The van der Waals surface area contributed by atoms with Crippen LogP contribution in [0.1, 0.15) is 19.8 Å². The molecule has 0 aromatic heterocycles. The molecular weight excluding hydrogens is 148 g/mol. The highest BCUT2D eigenvalue weighted by Gasteiger charge is 2.36. The van der Waals surface area contributed by atoms with Crippen molar-refractivity contribution < 1.29 is 4.74 Å². The summed E-state index contributed by atoms with van der Waals surface area (Å²) in [5, 5.41) is 0. The molecule has 0 unspecified atom stereocenters. The van der Waals surface area contributed by atoms with E-state index in [1.165, 1.54) is 5.57 Å². The molecule has 1 fully saturated rings. The molecule has 1 aliphatic rings. The first-order valence-electron chi connectivity index (χ1n) is 3.59. The van der Waals surface area contributed by atoms with Gasteiger partial charge in [-0.05, 0) is 12.8 Å². The van der Waals surface area contributed by atoms with E-state index in [9.17, 15) is 0 Å². The van der Waals surface area contributed by atoms with Crippen LogP contribution in [0.3, 0.4) is 0 Å². The van der Waals surface area contributed by atoms with E-state index < -0.39 is 0 Å². The second-order valence-corrected chi connectivity index (χ2v) is 3.73. The SMILES string of the molecule is C=C(CC)CC1(Cl)COC1. The molecule has 0 amide bonds. The van der Waals surface area contributed by atoms with Crippen molar-refractivity contribution in [3.05, 3.63) is 12.2 Å². The number of ether oxygens (including phenoxy) is 1. The highest BCUT2D eigenvalue weighted by molar-refractivity contribution is 6.24. The van der Waals surface area contributed by atoms with Gasteiger partial charge in [-0.2, -0.15) is 0 Å². The molecule has 2 heteroatoms. The molecule has 58 valence electrons. The van der Waals surface area contributed by atoms with Gasteiger partial charge >= 0.3 is 0 Å². The third kappa shape index (κ3) is 1.74. The molecule has 0 atom stereocenters. The summed E-state index contributed by atoms with van der Waals surface area (Å²) >= 11 is 6.10. The van der Waals surface area contributed by atoms with Gasteiger partial charge in [-0.1, -0.05) is 19.1 Å². The molecule has 0 radical (unpaired) electrons. The predicted molar refractivity (Wildman–Crippen MR) is 43.5 cm³/mol. The average Bonchev–Trinajstić information content (AvgIpc) is 1.84. The average molecular weight is 161 g/mol. The van der Waals surface area contributed by atoms with Crippen LogP contribution in [0.5, 0.6) is 0 Å². The fourth-order valence-corrected chi connectivity index (χ4v) is 1.34. The van der Waals surface area contributed by atoms with Crippen LogP contribution in [0.4, 0.5) is 0 Å². The zero-order valence-electron chi connectivity index (χ0n) is 6.32. The lowest BCUT2D eigenvalue weighted by molar-refractivity contribution is -0.0127. The van der Waals surface area contributed by atoms with E-state index in [-0.39, 0.29) is 4.87 Å². The van der Waals surface area contributed by atoms with Gasteiger partial charge in [0, 0.05) is 0 Å². The monoisotopic (exact) mass is 160 g/mol. The lowest BCUT2D eigenvalue weighted by Gasteiger charge is -2.35. The van der Waals surface area contributed by atoms with Crippen molar-refractivity contribution in [2.75, 3.05) is 13.2 Å². The highest BCUT2D eigenvalue weighted by atomic mass is 35.5. The van der Waals surface area contributed by atoms with E-state index in [0.717, 1.165) is 12.8 Å². The van der Waals surface area contributed by atoms with Gasteiger partial charge in [-0.15, -0.1) is 11.6 Å². The highest BCUT2D eigenvalue weighted by Crippen LogP contribution is 2.32. The van der Waals surface area contributed by atoms with E-state index in [1.54, 1.807) is 0 Å². The minimum atomic E-state index is -0.104. The predicted octanol–water partition coefficient (Wildman–Crippen LogP) is 2.35. The van der Waals surface area contributed by atoms with E-state index in [2.05, 4.69) is 13.5 Å². The molecule has 0 bridgehead atoms. The van der Waals surface area contributed by atoms with Crippen LogP contribution in [-0.4, -0.2) is 18.1 Å². The molecule has 0 aromatic carbocycles. The van der Waals surface area contributed by atoms with Crippen LogP contribution in [-0.2, 0) is 4.74 Å². The zero-order chi connectivity index (χ0) is 7.61. The topological polar surface area (TPSA) is 9.23 Å². The maximum absolute atomic E-state index is 6.10. The summed E-state index contributed by atoms with van der Waals surface area (Å²) in [6, 6.07) is 0. The smallest absolute Gasteiger partial charge is 0.0948 e. The van der Waals surface area contributed by atoms with Crippen molar-refractivity contribution in [3.63, 3.8) is 0 Å². The molecule has 0 spiro atoms. The Hall–Kier alpha value is -0.0100. The molecule has 0 saturated carbocycles. The normalized spacial score (nSPS) is 21.8. The van der Waals surface area contributed by atoms with Crippen LogP contribution in [0.25, 0.3) is 0 Å². The number of hydrogen-bond acceptors (Lipinski definition) is 1. The van der Waals surface area contributed by atoms with Crippen LogP contribution >= 0.6 is 11.6 Å². The van der Waals surface area contributed by atoms with Crippen LogP contribution in [0, 0.1) is 0 Å². The summed E-state index contributed by atoms with van der Waals surface area (Å²) in [6.07, 6.45) is 1.93. The van der Waals surface area contributed by atoms with Gasteiger partial charge in [0.2, 0.25) is 0 Å². The van der Waals surface area contributed by atoms with E-state index in [1.807, 2.05) is 0 Å². The van der Waals surface area contributed by atoms with Crippen LogP contribution < -0.4 is 0 Å². The molecular formula is C8H13ClO. The lowest BCUT2D eigenvalue weighted by atomic mass is 9.96. The number of allylic oxidation sites excluding steroid dienone is 1. The van der Waals surface area contributed by atoms with Crippen molar-refractivity contribution in [2.24, 2.45) is 0 Å². The standard InChI is InChI=1S/C8H13ClO/c1-3-7(2)4-8(9)5-10-6-8/h2-6H2,1H3. The van der Waals surface area contributed by atoms with Gasteiger partial charge in [0.25, 0.3) is 0 Å². The summed E-state index contributed by atoms with van der Waals surface area (Å²) in [7, 11) is 0. The number of alkyl halides is 1.